The molecule has 8 heteroatoms. The van der Waals surface area contributed by atoms with Gasteiger partial charge in [0.15, 0.2) is 11.5 Å². The monoisotopic (exact) mass is 338 g/mol. The largest absolute Gasteiger partial charge is 0.454 e. The predicted octanol–water partition coefficient (Wildman–Crippen LogP) is 2.23. The van der Waals surface area contributed by atoms with Gasteiger partial charge in [-0.2, -0.15) is 0 Å². The van der Waals surface area contributed by atoms with Crippen LogP contribution in [0.3, 0.4) is 0 Å². The van der Waals surface area contributed by atoms with E-state index in [1.165, 1.54) is 25.0 Å². The maximum absolute atomic E-state index is 12.3. The van der Waals surface area contributed by atoms with Gasteiger partial charge >= 0.3 is 0 Å². The van der Waals surface area contributed by atoms with Gasteiger partial charge in [0.1, 0.15) is 0 Å². The van der Waals surface area contributed by atoms with Crippen molar-refractivity contribution in [3.63, 3.8) is 0 Å². The number of rotatable bonds is 5. The van der Waals surface area contributed by atoms with Gasteiger partial charge in [0.2, 0.25) is 16.8 Å². The Labute approximate surface area is 132 Å². The summed E-state index contributed by atoms with van der Waals surface area (Å²) in [4.78, 5) is 4.64. The lowest BCUT2D eigenvalue weighted by Gasteiger charge is -2.06. The zero-order valence-corrected chi connectivity index (χ0v) is 13.2. The molecule has 6 nitrogen and oxygen atoms in total. The summed E-state index contributed by atoms with van der Waals surface area (Å²) in [6.45, 7) is 0.315. The van der Waals surface area contributed by atoms with E-state index in [4.69, 9.17) is 9.47 Å². The molecule has 0 unspecified atom stereocenters. The van der Waals surface area contributed by atoms with Crippen molar-refractivity contribution in [1.82, 2.24) is 9.71 Å². The van der Waals surface area contributed by atoms with Gasteiger partial charge in [-0.15, -0.1) is 11.3 Å². The third-order valence-corrected chi connectivity index (χ3v) is 6.05. The lowest BCUT2D eigenvalue weighted by atomic mass is 10.3. The summed E-state index contributed by atoms with van der Waals surface area (Å²) >= 11 is 1.60. The summed E-state index contributed by atoms with van der Waals surface area (Å²) in [5.41, 5.74) is 0.760. The fraction of sp³-hybridized carbons (Fsp3) is 0.357. The summed E-state index contributed by atoms with van der Waals surface area (Å²) in [5.74, 6) is 1.60. The minimum Gasteiger partial charge on any atom is -0.454 e. The smallest absolute Gasteiger partial charge is 0.241 e. The number of thiazole rings is 1. The second-order valence-corrected chi connectivity index (χ2v) is 7.95. The van der Waals surface area contributed by atoms with Crippen molar-refractivity contribution in [3.8, 4) is 11.5 Å². The zero-order chi connectivity index (χ0) is 15.2. The first-order valence-electron chi connectivity index (χ1n) is 6.95. The topological polar surface area (TPSA) is 77.5 Å². The van der Waals surface area contributed by atoms with E-state index in [1.54, 1.807) is 17.4 Å². The molecule has 0 spiro atoms. The Morgan fingerprint density at radius 3 is 2.91 bits per heavy atom. The Morgan fingerprint density at radius 2 is 2.09 bits per heavy atom. The number of ether oxygens (including phenoxy) is 2. The Balaban J connectivity index is 1.48. The van der Waals surface area contributed by atoms with Gasteiger partial charge in [-0.05, 0) is 25.0 Å². The van der Waals surface area contributed by atoms with Gasteiger partial charge in [-0.1, -0.05) is 0 Å². The quantitative estimate of drug-likeness (QED) is 0.904. The molecule has 0 bridgehead atoms. The molecule has 2 aromatic rings. The molecular weight excluding hydrogens is 324 g/mol. The van der Waals surface area contributed by atoms with Crippen LogP contribution in [0.5, 0.6) is 11.5 Å². The zero-order valence-electron chi connectivity index (χ0n) is 11.6. The van der Waals surface area contributed by atoms with Crippen LogP contribution in [-0.2, 0) is 16.6 Å². The van der Waals surface area contributed by atoms with Crippen molar-refractivity contribution in [2.45, 2.75) is 30.2 Å². The van der Waals surface area contributed by atoms with Gasteiger partial charge in [-0.3, -0.25) is 0 Å². The molecule has 116 valence electrons. The number of hydrogen-bond acceptors (Lipinski definition) is 6. The first-order valence-corrected chi connectivity index (χ1v) is 9.32. The number of nitrogens with one attached hydrogen (secondary N) is 1. The second-order valence-electron chi connectivity index (χ2n) is 5.29. The molecule has 0 atom stereocenters. The molecule has 4 rings (SSSR count). The molecule has 1 saturated carbocycles. The standard InChI is InChI=1S/C14H14N2O4S2/c17-22(18,11-3-4-12-13(5-11)20-8-19-12)15-6-10-7-21-14(16-10)9-1-2-9/h3-5,7,9,15H,1-2,6,8H2. The van der Waals surface area contributed by atoms with Crippen LogP contribution >= 0.6 is 11.3 Å². The van der Waals surface area contributed by atoms with Gasteiger partial charge < -0.3 is 9.47 Å². The minimum atomic E-state index is -3.60. The molecule has 0 radical (unpaired) electrons. The highest BCUT2D eigenvalue weighted by atomic mass is 32.2. The van der Waals surface area contributed by atoms with E-state index in [-0.39, 0.29) is 18.2 Å². The number of hydrogen-bond donors (Lipinski definition) is 1. The molecule has 1 aromatic carbocycles. The molecule has 1 aliphatic heterocycles. The van der Waals surface area contributed by atoms with Crippen LogP contribution in [0.2, 0.25) is 0 Å². The van der Waals surface area contributed by atoms with Crippen LogP contribution in [-0.4, -0.2) is 20.2 Å². The van der Waals surface area contributed by atoms with Gasteiger partial charge in [0.05, 0.1) is 22.1 Å². The van der Waals surface area contributed by atoms with Crippen molar-refractivity contribution in [3.05, 3.63) is 34.3 Å². The fourth-order valence-electron chi connectivity index (χ4n) is 2.22. The number of aromatic nitrogens is 1. The van der Waals surface area contributed by atoms with Crippen LogP contribution in [0.4, 0.5) is 0 Å². The first kappa shape index (κ1) is 14.0. The third kappa shape index (κ3) is 2.69. The van der Waals surface area contributed by atoms with E-state index < -0.39 is 10.0 Å². The number of benzene rings is 1. The van der Waals surface area contributed by atoms with E-state index >= 15 is 0 Å². The molecule has 1 N–H and O–H groups in total. The van der Waals surface area contributed by atoms with Crippen LogP contribution in [0.25, 0.3) is 0 Å². The fourth-order valence-corrected chi connectivity index (χ4v) is 4.22. The molecule has 0 amide bonds. The first-order chi connectivity index (χ1) is 10.6. The molecule has 22 heavy (non-hydrogen) atoms. The van der Waals surface area contributed by atoms with Crippen molar-refractivity contribution < 1.29 is 17.9 Å². The predicted molar refractivity (Wildman–Crippen MR) is 80.7 cm³/mol. The van der Waals surface area contributed by atoms with E-state index in [2.05, 4.69) is 9.71 Å². The summed E-state index contributed by atoms with van der Waals surface area (Å²) < 4.78 is 37.6. The van der Waals surface area contributed by atoms with Crippen molar-refractivity contribution in [2.75, 3.05) is 6.79 Å². The SMILES string of the molecule is O=S(=O)(NCc1csc(C2CC2)n1)c1ccc2c(c1)OCO2. The van der Waals surface area contributed by atoms with Gasteiger partial charge in [-0.25, -0.2) is 18.1 Å². The van der Waals surface area contributed by atoms with E-state index in [1.807, 2.05) is 5.38 Å². The summed E-state index contributed by atoms with van der Waals surface area (Å²) in [6, 6.07) is 4.58. The molecule has 1 aliphatic carbocycles. The Morgan fingerprint density at radius 1 is 1.27 bits per heavy atom. The average molecular weight is 338 g/mol. The third-order valence-electron chi connectivity index (χ3n) is 3.59. The maximum atomic E-state index is 12.3. The highest BCUT2D eigenvalue weighted by Crippen LogP contribution is 2.41. The summed E-state index contributed by atoms with van der Waals surface area (Å²) in [6.07, 6.45) is 2.38. The average Bonchev–Trinajstić information content (AvgIpc) is 3.08. The van der Waals surface area contributed by atoms with E-state index in [9.17, 15) is 8.42 Å². The number of sulfonamides is 1. The van der Waals surface area contributed by atoms with Crippen molar-refractivity contribution in [1.29, 1.82) is 0 Å². The highest BCUT2D eigenvalue weighted by molar-refractivity contribution is 7.89. The Hall–Kier alpha value is -1.64. The molecular formula is C14H14N2O4S2. The lowest BCUT2D eigenvalue weighted by molar-refractivity contribution is 0.174. The Bertz CT molecular complexity index is 812. The van der Waals surface area contributed by atoms with Gasteiger partial charge in [0.25, 0.3) is 0 Å². The molecule has 2 heterocycles. The molecule has 1 aromatic heterocycles. The summed E-state index contributed by atoms with van der Waals surface area (Å²) in [5, 5.41) is 3.02. The van der Waals surface area contributed by atoms with Gasteiger partial charge in [0, 0.05) is 17.4 Å². The van der Waals surface area contributed by atoms with Crippen LogP contribution < -0.4 is 14.2 Å². The van der Waals surface area contributed by atoms with Crippen LogP contribution in [0.15, 0.2) is 28.5 Å². The molecule has 2 aliphatic rings. The summed E-state index contributed by atoms with van der Waals surface area (Å²) in [7, 11) is -3.60. The maximum Gasteiger partial charge on any atom is 0.241 e. The van der Waals surface area contributed by atoms with E-state index in [0.29, 0.717) is 17.4 Å². The second kappa shape index (κ2) is 5.22. The number of fused-ring (bicyclic) bond motifs is 1. The Kier molecular flexibility index (Phi) is 3.32. The number of nitrogens with zero attached hydrogens (tertiary/aromatic N) is 1. The van der Waals surface area contributed by atoms with Crippen LogP contribution in [0, 0.1) is 0 Å². The molecule has 0 saturated heterocycles. The lowest BCUT2D eigenvalue weighted by Crippen LogP contribution is -2.23. The van der Waals surface area contributed by atoms with Crippen molar-refractivity contribution >= 4 is 21.4 Å². The highest BCUT2D eigenvalue weighted by Gasteiger charge is 2.27. The molecule has 1 fully saturated rings. The normalized spacial score (nSPS) is 16.9. The minimum absolute atomic E-state index is 0.120. The van der Waals surface area contributed by atoms with E-state index in [0.717, 1.165) is 10.7 Å². The van der Waals surface area contributed by atoms with Crippen LogP contribution in [0.1, 0.15) is 29.5 Å². The van der Waals surface area contributed by atoms with Crippen molar-refractivity contribution in [2.24, 2.45) is 0 Å².